The lowest BCUT2D eigenvalue weighted by Crippen LogP contribution is -2.48. The highest BCUT2D eigenvalue weighted by Gasteiger charge is 2.28. The molecule has 0 saturated carbocycles. The highest BCUT2D eigenvalue weighted by Crippen LogP contribution is 2.25. The van der Waals surface area contributed by atoms with Crippen LogP contribution in [-0.4, -0.2) is 41.7 Å². The Labute approximate surface area is 111 Å². The number of phenolic OH excluding ortho intramolecular Hbond substituents is 1. The van der Waals surface area contributed by atoms with E-state index in [1.54, 1.807) is 17.0 Å². The third kappa shape index (κ3) is 2.60. The smallest absolute Gasteiger partial charge is 0.258 e. The van der Waals surface area contributed by atoms with Crippen LogP contribution in [0.25, 0.3) is 0 Å². The van der Waals surface area contributed by atoms with E-state index in [0.717, 1.165) is 6.42 Å². The second-order valence-electron chi connectivity index (χ2n) is 4.30. The zero-order valence-corrected chi connectivity index (χ0v) is 11.0. The number of aromatic hydroxyl groups is 1. The molecule has 1 amide bonds. The maximum Gasteiger partial charge on any atom is 0.258 e. The van der Waals surface area contributed by atoms with Crippen LogP contribution in [0.15, 0.2) is 18.2 Å². The van der Waals surface area contributed by atoms with Gasteiger partial charge in [-0.2, -0.15) is 0 Å². The van der Waals surface area contributed by atoms with Crippen LogP contribution in [0.4, 0.5) is 0 Å². The van der Waals surface area contributed by atoms with Crippen LogP contribution < -0.4 is 0 Å². The number of amides is 1. The van der Waals surface area contributed by atoms with Gasteiger partial charge < -0.3 is 14.7 Å². The fourth-order valence-electron chi connectivity index (χ4n) is 2.10. The molecule has 0 aromatic heterocycles. The second kappa shape index (κ2) is 5.59. The van der Waals surface area contributed by atoms with E-state index in [4.69, 9.17) is 16.3 Å². The first-order valence-corrected chi connectivity index (χ1v) is 6.38. The molecule has 1 heterocycles. The Kier molecular flexibility index (Phi) is 4.09. The molecule has 1 aromatic carbocycles. The van der Waals surface area contributed by atoms with E-state index >= 15 is 0 Å². The molecule has 18 heavy (non-hydrogen) atoms. The van der Waals surface area contributed by atoms with Gasteiger partial charge >= 0.3 is 0 Å². The number of ether oxygens (including phenoxy) is 1. The minimum absolute atomic E-state index is 0.0707. The van der Waals surface area contributed by atoms with Gasteiger partial charge in [-0.25, -0.2) is 0 Å². The van der Waals surface area contributed by atoms with Crippen molar-refractivity contribution in [3.8, 4) is 5.75 Å². The summed E-state index contributed by atoms with van der Waals surface area (Å²) in [7, 11) is 0. The Bertz CT molecular complexity index is 450. The van der Waals surface area contributed by atoms with Gasteiger partial charge in [0.05, 0.1) is 24.8 Å². The predicted molar refractivity (Wildman–Crippen MR) is 69.1 cm³/mol. The first kappa shape index (κ1) is 13.2. The van der Waals surface area contributed by atoms with E-state index < -0.39 is 0 Å². The van der Waals surface area contributed by atoms with Crippen molar-refractivity contribution < 1.29 is 14.6 Å². The number of carbonyl (C=O) groups is 1. The molecule has 98 valence electrons. The van der Waals surface area contributed by atoms with E-state index in [1.165, 1.54) is 6.07 Å². The lowest BCUT2D eigenvalue weighted by Gasteiger charge is -2.35. The summed E-state index contributed by atoms with van der Waals surface area (Å²) in [5.74, 6) is -0.242. The van der Waals surface area contributed by atoms with Crippen LogP contribution in [0.3, 0.4) is 0 Å². The molecule has 1 aromatic rings. The van der Waals surface area contributed by atoms with Crippen LogP contribution >= 0.6 is 11.6 Å². The van der Waals surface area contributed by atoms with Gasteiger partial charge in [0, 0.05) is 11.6 Å². The average Bonchev–Trinajstić information content (AvgIpc) is 2.38. The van der Waals surface area contributed by atoms with Gasteiger partial charge in [-0.15, -0.1) is 0 Å². The van der Waals surface area contributed by atoms with Gasteiger partial charge in [0.2, 0.25) is 0 Å². The van der Waals surface area contributed by atoms with Crippen molar-refractivity contribution in [3.63, 3.8) is 0 Å². The van der Waals surface area contributed by atoms with Crippen LogP contribution in [0.2, 0.25) is 5.02 Å². The number of hydrogen-bond acceptors (Lipinski definition) is 3. The monoisotopic (exact) mass is 269 g/mol. The maximum atomic E-state index is 12.4. The zero-order valence-electron chi connectivity index (χ0n) is 10.2. The third-order valence-corrected chi connectivity index (χ3v) is 3.38. The SMILES string of the molecule is CCC1COCCN1C(=O)c1ccc(Cl)cc1O. The number of rotatable bonds is 2. The summed E-state index contributed by atoms with van der Waals surface area (Å²) in [4.78, 5) is 14.1. The lowest BCUT2D eigenvalue weighted by atomic mass is 10.1. The number of carbonyl (C=O) groups excluding carboxylic acids is 1. The van der Waals surface area contributed by atoms with Crippen molar-refractivity contribution in [1.29, 1.82) is 0 Å². The number of halogens is 1. The highest BCUT2D eigenvalue weighted by atomic mass is 35.5. The number of nitrogens with zero attached hydrogens (tertiary/aromatic N) is 1. The Morgan fingerprint density at radius 2 is 2.39 bits per heavy atom. The molecule has 1 aliphatic rings. The van der Waals surface area contributed by atoms with Crippen molar-refractivity contribution in [2.45, 2.75) is 19.4 Å². The van der Waals surface area contributed by atoms with Crippen molar-refractivity contribution in [1.82, 2.24) is 4.90 Å². The lowest BCUT2D eigenvalue weighted by molar-refractivity contribution is -0.00293. The molecule has 0 aliphatic carbocycles. The molecule has 0 spiro atoms. The van der Waals surface area contributed by atoms with E-state index in [2.05, 4.69) is 0 Å². The normalized spacial score (nSPS) is 19.9. The quantitative estimate of drug-likeness (QED) is 0.896. The van der Waals surface area contributed by atoms with Gasteiger partial charge in [-0.1, -0.05) is 18.5 Å². The Morgan fingerprint density at radius 3 is 3.06 bits per heavy atom. The standard InChI is InChI=1S/C13H16ClNO3/c1-2-10-8-18-6-5-15(10)13(17)11-4-3-9(14)7-12(11)16/h3-4,7,10,16H,2,5-6,8H2,1H3. The molecule has 1 unspecified atom stereocenters. The molecule has 1 saturated heterocycles. The van der Waals surface area contributed by atoms with E-state index in [9.17, 15) is 9.90 Å². The van der Waals surface area contributed by atoms with Gasteiger partial charge in [0.1, 0.15) is 5.75 Å². The fraction of sp³-hybridized carbons (Fsp3) is 0.462. The van der Waals surface area contributed by atoms with Crippen molar-refractivity contribution >= 4 is 17.5 Å². The topological polar surface area (TPSA) is 49.8 Å². The zero-order chi connectivity index (χ0) is 13.1. The van der Waals surface area contributed by atoms with E-state index in [1.807, 2.05) is 6.92 Å². The van der Waals surface area contributed by atoms with Crippen molar-refractivity contribution in [3.05, 3.63) is 28.8 Å². The molecular weight excluding hydrogens is 254 g/mol. The second-order valence-corrected chi connectivity index (χ2v) is 4.73. The molecule has 1 fully saturated rings. The van der Waals surface area contributed by atoms with Crippen LogP contribution in [-0.2, 0) is 4.74 Å². The number of hydrogen-bond donors (Lipinski definition) is 1. The molecule has 4 nitrogen and oxygen atoms in total. The largest absolute Gasteiger partial charge is 0.507 e. The summed E-state index contributed by atoms with van der Waals surface area (Å²) in [5, 5.41) is 10.2. The molecule has 5 heteroatoms. The minimum Gasteiger partial charge on any atom is -0.507 e. The first-order valence-electron chi connectivity index (χ1n) is 6.00. The Balaban J connectivity index is 2.24. The number of phenols is 1. The Hall–Kier alpha value is -1.26. The number of morpholine rings is 1. The van der Waals surface area contributed by atoms with Gasteiger partial charge in [0.15, 0.2) is 0 Å². The summed E-state index contributed by atoms with van der Waals surface area (Å²) in [6.45, 7) is 3.66. The molecule has 0 bridgehead atoms. The van der Waals surface area contributed by atoms with Crippen molar-refractivity contribution in [2.24, 2.45) is 0 Å². The summed E-state index contributed by atoms with van der Waals surface area (Å²) in [6, 6.07) is 4.62. The van der Waals surface area contributed by atoms with Crippen molar-refractivity contribution in [2.75, 3.05) is 19.8 Å². The summed E-state index contributed by atoms with van der Waals surface area (Å²) >= 11 is 5.76. The average molecular weight is 270 g/mol. The molecule has 0 radical (unpaired) electrons. The highest BCUT2D eigenvalue weighted by molar-refractivity contribution is 6.30. The van der Waals surface area contributed by atoms with Gasteiger partial charge in [-0.05, 0) is 24.6 Å². The summed E-state index contributed by atoms with van der Waals surface area (Å²) in [5.41, 5.74) is 0.291. The third-order valence-electron chi connectivity index (χ3n) is 3.15. The molecule has 2 rings (SSSR count). The van der Waals surface area contributed by atoms with Crippen LogP contribution in [0.1, 0.15) is 23.7 Å². The van der Waals surface area contributed by atoms with E-state index in [-0.39, 0.29) is 17.7 Å². The molecule has 1 atom stereocenters. The maximum absolute atomic E-state index is 12.4. The molecule has 1 aliphatic heterocycles. The van der Waals surface area contributed by atoms with Crippen LogP contribution in [0, 0.1) is 0 Å². The van der Waals surface area contributed by atoms with E-state index in [0.29, 0.717) is 30.3 Å². The van der Waals surface area contributed by atoms with Gasteiger partial charge in [0.25, 0.3) is 5.91 Å². The predicted octanol–water partition coefficient (Wildman–Crippen LogP) is 2.30. The van der Waals surface area contributed by atoms with Crippen LogP contribution in [0.5, 0.6) is 5.75 Å². The summed E-state index contributed by atoms with van der Waals surface area (Å²) < 4.78 is 5.36. The number of benzene rings is 1. The summed E-state index contributed by atoms with van der Waals surface area (Å²) in [6.07, 6.45) is 0.833. The molecule has 1 N–H and O–H groups in total. The van der Waals surface area contributed by atoms with Gasteiger partial charge in [-0.3, -0.25) is 4.79 Å². The fourth-order valence-corrected chi connectivity index (χ4v) is 2.27. The first-order chi connectivity index (χ1) is 8.63. The minimum atomic E-state index is -0.167. The Morgan fingerprint density at radius 1 is 1.61 bits per heavy atom. The molecular formula is C13H16ClNO3.